The number of anilines is 1. The summed E-state index contributed by atoms with van der Waals surface area (Å²) in [5.74, 6) is -0.224. The van der Waals surface area contributed by atoms with Crippen LogP contribution < -0.4 is 9.64 Å². The topological polar surface area (TPSA) is 86.2 Å². The molecule has 0 spiro atoms. The second-order valence-electron chi connectivity index (χ2n) is 10.2. The molecule has 0 saturated carbocycles. The van der Waals surface area contributed by atoms with Crippen molar-refractivity contribution < 1.29 is 32.6 Å². The van der Waals surface area contributed by atoms with Gasteiger partial charge in [0, 0.05) is 46.3 Å². The first-order chi connectivity index (χ1) is 18.3. The molecule has 2 amide bonds. The predicted molar refractivity (Wildman–Crippen MR) is 142 cm³/mol. The number of aromatic nitrogens is 1. The number of aliphatic hydroxyl groups is 1. The molecule has 1 aromatic carbocycles. The average Bonchev–Trinajstić information content (AvgIpc) is 2.91. The van der Waals surface area contributed by atoms with Crippen molar-refractivity contribution >= 4 is 17.6 Å². The molecule has 0 aliphatic carbocycles. The molecular formula is C28H37F3N4O4. The molecule has 1 aliphatic rings. The number of aryl methyl sites for hydroxylation is 1. The van der Waals surface area contributed by atoms with E-state index in [0.717, 1.165) is 55.2 Å². The fourth-order valence-electron chi connectivity index (χ4n) is 4.89. The fourth-order valence-corrected chi connectivity index (χ4v) is 4.89. The van der Waals surface area contributed by atoms with Gasteiger partial charge >= 0.3 is 6.18 Å². The molecule has 39 heavy (non-hydrogen) atoms. The zero-order valence-corrected chi connectivity index (χ0v) is 23.1. The lowest BCUT2D eigenvalue weighted by Crippen LogP contribution is -2.55. The van der Waals surface area contributed by atoms with Gasteiger partial charge in [0.05, 0.1) is 18.4 Å². The summed E-state index contributed by atoms with van der Waals surface area (Å²) in [6.45, 7) is 3.45. The Balaban J connectivity index is 1.55. The number of methoxy groups -OCH3 is 1. The first-order valence-corrected chi connectivity index (χ1v) is 12.9. The van der Waals surface area contributed by atoms with Gasteiger partial charge in [-0.1, -0.05) is 12.1 Å². The van der Waals surface area contributed by atoms with Crippen molar-refractivity contribution in [1.82, 2.24) is 14.8 Å². The number of nitrogens with zero attached hydrogens (tertiary/aromatic N) is 4. The van der Waals surface area contributed by atoms with Crippen LogP contribution in [0.5, 0.6) is 5.75 Å². The molecular weight excluding hydrogens is 513 g/mol. The van der Waals surface area contributed by atoms with Crippen molar-refractivity contribution in [2.75, 3.05) is 52.8 Å². The highest BCUT2D eigenvalue weighted by Crippen LogP contribution is 2.41. The van der Waals surface area contributed by atoms with E-state index >= 15 is 0 Å². The molecule has 2 heterocycles. The summed E-state index contributed by atoms with van der Waals surface area (Å²) in [6.07, 6.45) is -2.18. The number of hydrogen-bond donors (Lipinski definition) is 1. The van der Waals surface area contributed by atoms with E-state index in [0.29, 0.717) is 23.6 Å². The zero-order chi connectivity index (χ0) is 29.0. The van der Waals surface area contributed by atoms with Crippen LogP contribution in [0.3, 0.4) is 0 Å². The fraction of sp³-hybridized carbons (Fsp3) is 0.536. The van der Waals surface area contributed by atoms with Crippen LogP contribution in [0.25, 0.3) is 0 Å². The van der Waals surface area contributed by atoms with Gasteiger partial charge in [-0.15, -0.1) is 0 Å². The minimum atomic E-state index is -5.21. The van der Waals surface area contributed by atoms with E-state index < -0.39 is 23.2 Å². The van der Waals surface area contributed by atoms with Gasteiger partial charge in [-0.3, -0.25) is 9.59 Å². The van der Waals surface area contributed by atoms with Crippen LogP contribution in [0.4, 0.5) is 19.0 Å². The Bertz CT molecular complexity index is 1170. The highest BCUT2D eigenvalue weighted by molar-refractivity contribution is 5.95. The minimum Gasteiger partial charge on any atom is -0.497 e. The molecule has 214 valence electrons. The Kier molecular flexibility index (Phi) is 9.47. The molecule has 8 nitrogen and oxygen atoms in total. The van der Waals surface area contributed by atoms with Gasteiger partial charge in [-0.2, -0.15) is 13.2 Å². The van der Waals surface area contributed by atoms with E-state index in [1.54, 1.807) is 20.2 Å². The maximum atomic E-state index is 14.0. The number of carbonyl (C=O) groups is 2. The Morgan fingerprint density at radius 3 is 2.36 bits per heavy atom. The number of alkyl halides is 3. The van der Waals surface area contributed by atoms with E-state index in [-0.39, 0.29) is 18.2 Å². The molecule has 1 saturated heterocycles. The SMILES string of the molecule is COc1cccc([C@@](O)(C(=O)N(C)CCCC2CCN(c3ccc(C(=O)N(C)C)c(C)n3)CC2)C(F)(F)F)c1. The van der Waals surface area contributed by atoms with Crippen LogP contribution in [-0.4, -0.2) is 85.8 Å². The quantitative estimate of drug-likeness (QED) is 0.508. The number of piperidine rings is 1. The van der Waals surface area contributed by atoms with Crippen molar-refractivity contribution in [3.63, 3.8) is 0 Å². The van der Waals surface area contributed by atoms with Crippen molar-refractivity contribution in [2.45, 2.75) is 44.4 Å². The van der Waals surface area contributed by atoms with Crippen LogP contribution in [0.15, 0.2) is 36.4 Å². The number of amides is 2. The summed E-state index contributed by atoms with van der Waals surface area (Å²) in [5, 5.41) is 10.7. The minimum absolute atomic E-state index is 0.0868. The maximum Gasteiger partial charge on any atom is 0.430 e. The monoisotopic (exact) mass is 550 g/mol. The first-order valence-electron chi connectivity index (χ1n) is 12.9. The largest absolute Gasteiger partial charge is 0.497 e. The summed E-state index contributed by atoms with van der Waals surface area (Å²) in [4.78, 5) is 34.4. The van der Waals surface area contributed by atoms with Gasteiger partial charge in [0.25, 0.3) is 17.4 Å². The Labute approximate surface area is 227 Å². The third-order valence-corrected chi connectivity index (χ3v) is 7.31. The van der Waals surface area contributed by atoms with Crippen LogP contribution in [0, 0.1) is 12.8 Å². The average molecular weight is 551 g/mol. The molecule has 1 fully saturated rings. The van der Waals surface area contributed by atoms with Crippen molar-refractivity contribution in [2.24, 2.45) is 5.92 Å². The van der Waals surface area contributed by atoms with Crippen LogP contribution in [0.1, 0.15) is 47.3 Å². The van der Waals surface area contributed by atoms with Gasteiger partial charge in [0.1, 0.15) is 11.6 Å². The molecule has 1 aromatic heterocycles. The van der Waals surface area contributed by atoms with Gasteiger partial charge < -0.3 is 24.5 Å². The Morgan fingerprint density at radius 2 is 1.79 bits per heavy atom. The van der Waals surface area contributed by atoms with Crippen molar-refractivity contribution in [3.8, 4) is 5.75 Å². The molecule has 0 unspecified atom stereocenters. The summed E-state index contributed by atoms with van der Waals surface area (Å²) >= 11 is 0. The Hall–Kier alpha value is -3.34. The molecule has 1 atom stereocenters. The first kappa shape index (κ1) is 30.2. The maximum absolute atomic E-state index is 14.0. The molecule has 1 N–H and O–H groups in total. The number of pyridine rings is 1. The number of hydrogen-bond acceptors (Lipinski definition) is 6. The van der Waals surface area contributed by atoms with Crippen LogP contribution in [-0.2, 0) is 10.4 Å². The second kappa shape index (κ2) is 12.2. The molecule has 2 aromatic rings. The Morgan fingerprint density at radius 1 is 1.13 bits per heavy atom. The van der Waals surface area contributed by atoms with Gasteiger partial charge in [0.15, 0.2) is 0 Å². The number of halogens is 3. The summed E-state index contributed by atoms with van der Waals surface area (Å²) < 4.78 is 46.9. The molecule has 3 rings (SSSR count). The van der Waals surface area contributed by atoms with Gasteiger partial charge in [0.2, 0.25) is 0 Å². The second-order valence-corrected chi connectivity index (χ2v) is 10.2. The summed E-state index contributed by atoms with van der Waals surface area (Å²) in [7, 11) is 5.98. The number of rotatable bonds is 9. The highest BCUT2D eigenvalue weighted by atomic mass is 19.4. The van der Waals surface area contributed by atoms with E-state index in [4.69, 9.17) is 4.74 Å². The van der Waals surface area contributed by atoms with E-state index in [9.17, 15) is 27.9 Å². The number of likely N-dealkylation sites (N-methyl/N-ethyl adjacent to an activating group) is 1. The van der Waals surface area contributed by atoms with Crippen molar-refractivity contribution in [3.05, 3.63) is 53.2 Å². The zero-order valence-electron chi connectivity index (χ0n) is 23.1. The number of benzene rings is 1. The van der Waals surface area contributed by atoms with Gasteiger partial charge in [-0.25, -0.2) is 4.98 Å². The van der Waals surface area contributed by atoms with Gasteiger partial charge in [-0.05, 0) is 62.8 Å². The van der Waals surface area contributed by atoms with Crippen molar-refractivity contribution in [1.29, 1.82) is 0 Å². The standard InChI is InChI=1S/C28H37F3N4O4/c1-19-23(25(36)33(2)3)11-12-24(32-19)35-16-13-20(14-17-35)8-7-15-34(4)26(37)27(38,28(29,30)31)21-9-6-10-22(18-21)39-5/h6,9-12,18,20,38H,7-8,13-17H2,1-5H3/t27-/m1/s1. The molecule has 0 radical (unpaired) electrons. The number of ether oxygens (including phenoxy) is 1. The lowest BCUT2D eigenvalue weighted by atomic mass is 9.90. The van der Waals surface area contributed by atoms with Crippen LogP contribution in [0.2, 0.25) is 0 Å². The van der Waals surface area contributed by atoms with E-state index in [1.165, 1.54) is 31.2 Å². The third-order valence-electron chi connectivity index (χ3n) is 7.31. The lowest BCUT2D eigenvalue weighted by Gasteiger charge is -2.34. The van der Waals surface area contributed by atoms with E-state index in [1.807, 2.05) is 13.0 Å². The number of carbonyl (C=O) groups excluding carboxylic acids is 2. The molecule has 0 bridgehead atoms. The molecule has 11 heteroatoms. The summed E-state index contributed by atoms with van der Waals surface area (Å²) in [5.41, 5.74) is -3.00. The predicted octanol–water partition coefficient (Wildman–Crippen LogP) is 4.01. The normalized spacial score (nSPS) is 16.0. The summed E-state index contributed by atoms with van der Waals surface area (Å²) in [6, 6.07) is 8.50. The molecule has 1 aliphatic heterocycles. The van der Waals surface area contributed by atoms with Crippen LogP contribution >= 0.6 is 0 Å². The lowest BCUT2D eigenvalue weighted by molar-refractivity contribution is -0.261. The highest BCUT2D eigenvalue weighted by Gasteiger charge is 2.61. The third kappa shape index (κ3) is 6.63. The van der Waals surface area contributed by atoms with E-state index in [2.05, 4.69) is 9.88 Å². The smallest absolute Gasteiger partial charge is 0.430 e.